The number of imidazole rings is 1. The van der Waals surface area contributed by atoms with Gasteiger partial charge in [-0.05, 0) is 54.7 Å². The normalized spacial score (nSPS) is 21.1. The van der Waals surface area contributed by atoms with Crippen LogP contribution in [0.25, 0.3) is 16.6 Å². The summed E-state index contributed by atoms with van der Waals surface area (Å²) in [7, 11) is 3.63. The van der Waals surface area contributed by atoms with Gasteiger partial charge in [0.1, 0.15) is 12.1 Å². The SMILES string of the molecule is COCCn1c(C2CCOCC2)nc2ccc(C3=CN(C)C(O)C(C)=C3)cc21. The fourth-order valence-corrected chi connectivity index (χ4v) is 4.13. The number of hydrogen-bond acceptors (Lipinski definition) is 5. The predicted octanol–water partition coefficient (Wildman–Crippen LogP) is 3.13. The van der Waals surface area contributed by atoms with Crippen LogP contribution in [0.1, 0.15) is 37.1 Å². The number of aromatic nitrogens is 2. The third-order valence-electron chi connectivity index (χ3n) is 5.74. The van der Waals surface area contributed by atoms with Gasteiger partial charge in [-0.2, -0.15) is 0 Å². The molecule has 6 heteroatoms. The molecule has 1 atom stereocenters. The Morgan fingerprint density at radius 3 is 2.79 bits per heavy atom. The summed E-state index contributed by atoms with van der Waals surface area (Å²) in [5.41, 5.74) is 5.32. The Hall–Kier alpha value is -2.15. The van der Waals surface area contributed by atoms with Crippen LogP contribution in [0, 0.1) is 0 Å². The first kappa shape index (κ1) is 19.2. The average Bonchev–Trinajstić information content (AvgIpc) is 3.08. The molecular weight excluding hydrogens is 354 g/mol. The number of ether oxygens (including phenoxy) is 2. The molecular formula is C22H29N3O3. The Balaban J connectivity index is 1.76. The number of hydrogen-bond donors (Lipinski definition) is 1. The van der Waals surface area contributed by atoms with Gasteiger partial charge in [-0.3, -0.25) is 0 Å². The van der Waals surface area contributed by atoms with E-state index in [1.54, 1.807) is 7.11 Å². The van der Waals surface area contributed by atoms with E-state index in [9.17, 15) is 5.11 Å². The smallest absolute Gasteiger partial charge is 0.148 e. The van der Waals surface area contributed by atoms with Gasteiger partial charge in [-0.25, -0.2) is 4.98 Å². The van der Waals surface area contributed by atoms with Crippen LogP contribution in [-0.4, -0.2) is 59.8 Å². The number of rotatable bonds is 5. The maximum atomic E-state index is 10.1. The van der Waals surface area contributed by atoms with E-state index < -0.39 is 6.23 Å². The summed E-state index contributed by atoms with van der Waals surface area (Å²) < 4.78 is 13.2. The van der Waals surface area contributed by atoms with Crippen molar-refractivity contribution >= 4 is 16.6 Å². The van der Waals surface area contributed by atoms with E-state index in [2.05, 4.69) is 28.8 Å². The molecule has 0 bridgehead atoms. The Morgan fingerprint density at radius 2 is 2.07 bits per heavy atom. The van der Waals surface area contributed by atoms with Crippen molar-refractivity contribution in [3.8, 4) is 0 Å². The number of aliphatic hydroxyl groups excluding tert-OH is 1. The molecule has 1 unspecified atom stereocenters. The van der Waals surface area contributed by atoms with Crippen LogP contribution < -0.4 is 0 Å². The highest BCUT2D eigenvalue weighted by atomic mass is 16.5. The van der Waals surface area contributed by atoms with E-state index in [4.69, 9.17) is 14.5 Å². The summed E-state index contributed by atoms with van der Waals surface area (Å²) in [6, 6.07) is 6.43. The molecule has 0 amide bonds. The lowest BCUT2D eigenvalue weighted by Crippen LogP contribution is -2.30. The van der Waals surface area contributed by atoms with Crippen molar-refractivity contribution in [1.82, 2.24) is 14.5 Å². The second-order valence-corrected chi connectivity index (χ2v) is 7.72. The van der Waals surface area contributed by atoms with Gasteiger partial charge < -0.3 is 24.0 Å². The highest BCUT2D eigenvalue weighted by molar-refractivity contribution is 5.84. The van der Waals surface area contributed by atoms with Gasteiger partial charge in [0.05, 0.1) is 17.6 Å². The van der Waals surface area contributed by atoms with Crippen molar-refractivity contribution in [2.45, 2.75) is 38.5 Å². The van der Waals surface area contributed by atoms with Crippen molar-refractivity contribution in [1.29, 1.82) is 0 Å². The highest BCUT2D eigenvalue weighted by Gasteiger charge is 2.23. The summed E-state index contributed by atoms with van der Waals surface area (Å²) in [5.74, 6) is 1.57. The average molecular weight is 383 g/mol. The minimum Gasteiger partial charge on any atom is -0.383 e. The summed E-state index contributed by atoms with van der Waals surface area (Å²) in [5, 5.41) is 10.1. The van der Waals surface area contributed by atoms with E-state index >= 15 is 0 Å². The van der Waals surface area contributed by atoms with Gasteiger partial charge >= 0.3 is 0 Å². The van der Waals surface area contributed by atoms with Gasteiger partial charge in [0.2, 0.25) is 0 Å². The van der Waals surface area contributed by atoms with Crippen LogP contribution in [0.15, 0.2) is 36.0 Å². The van der Waals surface area contributed by atoms with Crippen LogP contribution >= 0.6 is 0 Å². The summed E-state index contributed by atoms with van der Waals surface area (Å²) in [6.07, 6.45) is 5.52. The van der Waals surface area contributed by atoms with Crippen LogP contribution in [0.4, 0.5) is 0 Å². The van der Waals surface area contributed by atoms with Crippen LogP contribution in [0.2, 0.25) is 0 Å². The maximum absolute atomic E-state index is 10.1. The quantitative estimate of drug-likeness (QED) is 0.860. The highest BCUT2D eigenvalue weighted by Crippen LogP contribution is 2.32. The summed E-state index contributed by atoms with van der Waals surface area (Å²) >= 11 is 0. The molecule has 2 aliphatic heterocycles. The van der Waals surface area contributed by atoms with Crippen LogP contribution in [0.5, 0.6) is 0 Å². The lowest BCUT2D eigenvalue weighted by molar-refractivity contribution is 0.0825. The van der Waals surface area contributed by atoms with Crippen molar-refractivity contribution in [2.75, 3.05) is 34.0 Å². The molecule has 1 aromatic heterocycles. The molecule has 1 fully saturated rings. The molecule has 1 saturated heterocycles. The number of fused-ring (bicyclic) bond motifs is 1. The van der Waals surface area contributed by atoms with E-state index in [-0.39, 0.29) is 0 Å². The maximum Gasteiger partial charge on any atom is 0.148 e. The van der Waals surface area contributed by atoms with Gasteiger partial charge in [-0.15, -0.1) is 0 Å². The minimum absolute atomic E-state index is 0.429. The molecule has 6 nitrogen and oxygen atoms in total. The predicted molar refractivity (Wildman–Crippen MR) is 110 cm³/mol. The minimum atomic E-state index is -0.556. The number of likely N-dealkylation sites (N-methyl/N-ethyl adjacent to an activating group) is 1. The van der Waals surface area contributed by atoms with Gasteiger partial charge in [0, 0.05) is 46.0 Å². The summed E-state index contributed by atoms with van der Waals surface area (Å²) in [6.45, 7) is 5.00. The fraction of sp³-hybridized carbons (Fsp3) is 0.500. The number of methoxy groups -OCH3 is 1. The van der Waals surface area contributed by atoms with Crippen molar-refractivity contribution < 1.29 is 14.6 Å². The van der Waals surface area contributed by atoms with E-state index in [1.807, 2.05) is 25.1 Å². The molecule has 1 aromatic carbocycles. The zero-order valence-electron chi connectivity index (χ0n) is 16.9. The van der Waals surface area contributed by atoms with Crippen molar-refractivity contribution in [3.63, 3.8) is 0 Å². The van der Waals surface area contributed by atoms with E-state index in [0.717, 1.165) is 66.2 Å². The van der Waals surface area contributed by atoms with Crippen molar-refractivity contribution in [2.24, 2.45) is 0 Å². The third-order valence-corrected chi connectivity index (χ3v) is 5.74. The lowest BCUT2D eigenvalue weighted by Gasteiger charge is -2.28. The second-order valence-electron chi connectivity index (χ2n) is 7.72. The first-order valence-corrected chi connectivity index (χ1v) is 9.95. The molecule has 3 heterocycles. The zero-order valence-corrected chi connectivity index (χ0v) is 16.9. The van der Waals surface area contributed by atoms with Gasteiger partial charge in [0.25, 0.3) is 0 Å². The Bertz CT molecular complexity index is 909. The van der Waals surface area contributed by atoms with Crippen molar-refractivity contribution in [3.05, 3.63) is 47.4 Å². The number of nitrogens with zero attached hydrogens (tertiary/aromatic N) is 3. The molecule has 0 radical (unpaired) electrons. The molecule has 2 aliphatic rings. The Kier molecular flexibility index (Phi) is 5.53. The molecule has 1 N–H and O–H groups in total. The monoisotopic (exact) mass is 383 g/mol. The molecule has 28 heavy (non-hydrogen) atoms. The molecule has 0 saturated carbocycles. The lowest BCUT2D eigenvalue weighted by atomic mass is 9.99. The Labute approximate surface area is 166 Å². The van der Waals surface area contributed by atoms with Crippen LogP contribution in [0.3, 0.4) is 0 Å². The van der Waals surface area contributed by atoms with E-state index in [1.165, 1.54) is 0 Å². The van der Waals surface area contributed by atoms with Crippen LogP contribution in [-0.2, 0) is 16.0 Å². The topological polar surface area (TPSA) is 59.8 Å². The molecule has 0 spiro atoms. The zero-order chi connectivity index (χ0) is 19.7. The molecule has 2 aromatic rings. The summed E-state index contributed by atoms with van der Waals surface area (Å²) in [4.78, 5) is 6.82. The molecule has 0 aliphatic carbocycles. The first-order valence-electron chi connectivity index (χ1n) is 9.95. The van der Waals surface area contributed by atoms with E-state index in [0.29, 0.717) is 12.5 Å². The number of benzene rings is 1. The second kappa shape index (κ2) is 8.07. The van der Waals surface area contributed by atoms with Gasteiger partial charge in [0.15, 0.2) is 0 Å². The number of allylic oxidation sites excluding steroid dienone is 2. The molecule has 4 rings (SSSR count). The van der Waals surface area contributed by atoms with Gasteiger partial charge in [-0.1, -0.05) is 6.07 Å². The first-order chi connectivity index (χ1) is 13.6. The fourth-order valence-electron chi connectivity index (χ4n) is 4.13. The molecule has 150 valence electrons. The Morgan fingerprint density at radius 1 is 1.29 bits per heavy atom. The number of aliphatic hydroxyl groups is 1. The standard InChI is InChI=1S/C22H29N3O3/c1-15-12-18(14-24(2)22(15)26)17-4-5-19-20(13-17)25(8-11-27-3)21(23-19)16-6-9-28-10-7-16/h4-5,12-14,16,22,26H,6-11H2,1-3H3. The third kappa shape index (κ3) is 3.60. The largest absolute Gasteiger partial charge is 0.383 e.